The molecule has 0 amide bonds. The molecule has 1 aliphatic rings. The van der Waals surface area contributed by atoms with Gasteiger partial charge in [-0.3, -0.25) is 9.69 Å². The highest BCUT2D eigenvalue weighted by Gasteiger charge is 2.21. The molecule has 0 spiro atoms. The number of aromatic nitrogens is 2. The number of hydrogen-bond donors (Lipinski definition) is 0. The third kappa shape index (κ3) is 4.16. The van der Waals surface area contributed by atoms with Crippen molar-refractivity contribution in [1.29, 1.82) is 0 Å². The normalized spacial score (nSPS) is 14.8. The minimum absolute atomic E-state index is 0.131. The number of hydrogen-bond acceptors (Lipinski definition) is 6. The standard InChI is InChI=1S/C21H20F2N4O3/c1-14(28)16-4-7-19(18(23)12-16)26-10-8-25(9-11-26)13-27-21(29)30-20(24-27)15-2-5-17(22)6-3-15/h2-7,12H,8-11,13H2,1H3. The highest BCUT2D eigenvalue weighted by Crippen LogP contribution is 2.22. The molecule has 2 heterocycles. The highest BCUT2D eigenvalue weighted by atomic mass is 19.1. The van der Waals surface area contributed by atoms with E-state index in [0.29, 0.717) is 43.0 Å². The zero-order chi connectivity index (χ0) is 21.3. The maximum Gasteiger partial charge on any atom is 0.438 e. The van der Waals surface area contributed by atoms with Gasteiger partial charge in [0.1, 0.15) is 18.3 Å². The molecule has 0 aliphatic carbocycles. The molecule has 0 saturated carbocycles. The Kier molecular flexibility index (Phi) is 5.45. The van der Waals surface area contributed by atoms with Crippen LogP contribution in [0.1, 0.15) is 17.3 Å². The van der Waals surface area contributed by atoms with E-state index in [9.17, 15) is 18.4 Å². The lowest BCUT2D eigenvalue weighted by Gasteiger charge is -2.35. The number of halogens is 2. The molecular weight excluding hydrogens is 394 g/mol. The molecule has 9 heteroatoms. The third-order valence-corrected chi connectivity index (χ3v) is 5.10. The fourth-order valence-corrected chi connectivity index (χ4v) is 3.41. The van der Waals surface area contributed by atoms with Gasteiger partial charge in [-0.2, -0.15) is 4.68 Å². The Balaban J connectivity index is 1.40. The predicted molar refractivity (Wildman–Crippen MR) is 106 cm³/mol. The first kappa shape index (κ1) is 20.0. The van der Waals surface area contributed by atoms with Crippen molar-refractivity contribution in [3.63, 3.8) is 0 Å². The Morgan fingerprint density at radius 1 is 1.07 bits per heavy atom. The van der Waals surface area contributed by atoms with Crippen molar-refractivity contribution < 1.29 is 18.0 Å². The summed E-state index contributed by atoms with van der Waals surface area (Å²) < 4.78 is 33.8. The van der Waals surface area contributed by atoms with Gasteiger partial charge in [-0.05, 0) is 49.4 Å². The number of carbonyl (C=O) groups is 1. The second kappa shape index (κ2) is 8.19. The van der Waals surface area contributed by atoms with Crippen molar-refractivity contribution in [2.24, 2.45) is 0 Å². The summed E-state index contributed by atoms with van der Waals surface area (Å²) >= 11 is 0. The summed E-state index contributed by atoms with van der Waals surface area (Å²) in [5.41, 5.74) is 1.32. The number of Topliss-reactive ketones (excluding diaryl/α,β-unsaturated/α-hetero) is 1. The molecule has 30 heavy (non-hydrogen) atoms. The average Bonchev–Trinajstić information content (AvgIpc) is 3.09. The number of benzene rings is 2. The lowest BCUT2D eigenvalue weighted by molar-refractivity contribution is 0.101. The number of piperazine rings is 1. The molecule has 0 unspecified atom stereocenters. The van der Waals surface area contributed by atoms with Gasteiger partial charge in [0.25, 0.3) is 0 Å². The molecular formula is C21H20F2N4O3. The van der Waals surface area contributed by atoms with Gasteiger partial charge in [-0.15, -0.1) is 5.10 Å². The lowest BCUT2D eigenvalue weighted by atomic mass is 10.1. The van der Waals surface area contributed by atoms with Gasteiger partial charge >= 0.3 is 5.76 Å². The van der Waals surface area contributed by atoms with Crippen LogP contribution in [0, 0.1) is 11.6 Å². The number of anilines is 1. The van der Waals surface area contributed by atoms with Crippen LogP contribution in [0.5, 0.6) is 0 Å². The van der Waals surface area contributed by atoms with Gasteiger partial charge in [-0.1, -0.05) is 0 Å². The number of ketones is 1. The van der Waals surface area contributed by atoms with Crippen LogP contribution in [0.15, 0.2) is 51.7 Å². The van der Waals surface area contributed by atoms with Crippen molar-refractivity contribution in [2.45, 2.75) is 13.6 Å². The number of nitrogens with zero attached hydrogens (tertiary/aromatic N) is 4. The summed E-state index contributed by atoms with van der Waals surface area (Å²) in [5.74, 6) is -1.45. The summed E-state index contributed by atoms with van der Waals surface area (Å²) in [6, 6.07) is 10.0. The van der Waals surface area contributed by atoms with E-state index in [2.05, 4.69) is 5.10 Å². The van der Waals surface area contributed by atoms with Crippen molar-refractivity contribution in [1.82, 2.24) is 14.7 Å². The summed E-state index contributed by atoms with van der Waals surface area (Å²) in [6.45, 7) is 3.96. The minimum Gasteiger partial charge on any atom is -0.388 e. The maximum atomic E-state index is 14.4. The Bertz CT molecular complexity index is 1120. The van der Waals surface area contributed by atoms with Crippen LogP contribution in [-0.2, 0) is 6.67 Å². The largest absolute Gasteiger partial charge is 0.438 e. The van der Waals surface area contributed by atoms with E-state index in [1.165, 1.54) is 41.9 Å². The quantitative estimate of drug-likeness (QED) is 0.598. The summed E-state index contributed by atoms with van der Waals surface area (Å²) in [6.07, 6.45) is 0. The van der Waals surface area contributed by atoms with Gasteiger partial charge < -0.3 is 9.32 Å². The van der Waals surface area contributed by atoms with Gasteiger partial charge in [-0.25, -0.2) is 13.6 Å². The van der Waals surface area contributed by atoms with E-state index in [-0.39, 0.29) is 24.2 Å². The molecule has 1 aliphatic heterocycles. The van der Waals surface area contributed by atoms with E-state index in [1.807, 2.05) is 9.80 Å². The SMILES string of the molecule is CC(=O)c1ccc(N2CCN(Cn3nc(-c4ccc(F)cc4)oc3=O)CC2)c(F)c1. The number of carbonyl (C=O) groups excluding carboxylic acids is 1. The topological polar surface area (TPSA) is 71.6 Å². The van der Waals surface area contributed by atoms with Crippen LogP contribution in [0.4, 0.5) is 14.5 Å². The Hall–Kier alpha value is -3.33. The van der Waals surface area contributed by atoms with Crippen LogP contribution < -0.4 is 10.7 Å². The monoisotopic (exact) mass is 414 g/mol. The van der Waals surface area contributed by atoms with E-state index < -0.39 is 11.6 Å². The fraction of sp³-hybridized carbons (Fsp3) is 0.286. The van der Waals surface area contributed by atoms with Crippen LogP contribution in [-0.4, -0.2) is 46.6 Å². The summed E-state index contributed by atoms with van der Waals surface area (Å²) in [7, 11) is 0. The summed E-state index contributed by atoms with van der Waals surface area (Å²) in [5, 5.41) is 4.19. The van der Waals surface area contributed by atoms with Crippen LogP contribution in [0.2, 0.25) is 0 Å². The second-order valence-corrected chi connectivity index (χ2v) is 7.15. The Labute approximate surface area is 171 Å². The van der Waals surface area contributed by atoms with Crippen molar-refractivity contribution >= 4 is 11.5 Å². The first-order valence-corrected chi connectivity index (χ1v) is 9.52. The third-order valence-electron chi connectivity index (χ3n) is 5.10. The first-order valence-electron chi connectivity index (χ1n) is 9.52. The van der Waals surface area contributed by atoms with Crippen LogP contribution in [0.3, 0.4) is 0 Å². The van der Waals surface area contributed by atoms with Crippen molar-refractivity contribution in [2.75, 3.05) is 31.1 Å². The molecule has 0 bridgehead atoms. The van der Waals surface area contributed by atoms with Gasteiger partial charge in [0, 0.05) is 37.3 Å². The first-order chi connectivity index (χ1) is 14.4. The predicted octanol–water partition coefficient (Wildman–Crippen LogP) is 2.76. The molecule has 4 rings (SSSR count). The van der Waals surface area contributed by atoms with Gasteiger partial charge in [0.05, 0.1) is 5.69 Å². The van der Waals surface area contributed by atoms with E-state index in [0.717, 1.165) is 0 Å². The van der Waals surface area contributed by atoms with E-state index >= 15 is 0 Å². The van der Waals surface area contributed by atoms with Crippen molar-refractivity contribution in [3.05, 3.63) is 70.2 Å². The van der Waals surface area contributed by atoms with E-state index in [4.69, 9.17) is 4.42 Å². The minimum atomic E-state index is -0.595. The van der Waals surface area contributed by atoms with Gasteiger partial charge in [0.15, 0.2) is 5.78 Å². The molecule has 1 fully saturated rings. The lowest BCUT2D eigenvalue weighted by Crippen LogP contribution is -2.48. The average molecular weight is 414 g/mol. The van der Waals surface area contributed by atoms with Gasteiger partial charge in [0.2, 0.25) is 5.89 Å². The zero-order valence-electron chi connectivity index (χ0n) is 16.3. The molecule has 156 valence electrons. The molecule has 3 aromatic rings. The molecule has 0 N–H and O–H groups in total. The van der Waals surface area contributed by atoms with Crippen LogP contribution in [0.25, 0.3) is 11.5 Å². The van der Waals surface area contributed by atoms with Crippen molar-refractivity contribution in [3.8, 4) is 11.5 Å². The second-order valence-electron chi connectivity index (χ2n) is 7.15. The fourth-order valence-electron chi connectivity index (χ4n) is 3.41. The summed E-state index contributed by atoms with van der Waals surface area (Å²) in [4.78, 5) is 27.4. The Morgan fingerprint density at radius 3 is 2.40 bits per heavy atom. The van der Waals surface area contributed by atoms with Crippen LogP contribution >= 0.6 is 0 Å². The maximum absolute atomic E-state index is 14.4. The highest BCUT2D eigenvalue weighted by molar-refractivity contribution is 5.94. The molecule has 0 atom stereocenters. The zero-order valence-corrected chi connectivity index (χ0v) is 16.3. The Morgan fingerprint density at radius 2 is 1.77 bits per heavy atom. The molecule has 0 radical (unpaired) electrons. The molecule has 7 nitrogen and oxygen atoms in total. The molecule has 1 saturated heterocycles. The number of rotatable bonds is 5. The molecule has 2 aromatic carbocycles. The molecule has 1 aromatic heterocycles. The van der Waals surface area contributed by atoms with E-state index in [1.54, 1.807) is 12.1 Å². The smallest absolute Gasteiger partial charge is 0.388 e.